The minimum Gasteiger partial charge on any atom is -0.383 e. The number of thioether (sulfide) groups is 1. The highest BCUT2D eigenvalue weighted by Gasteiger charge is 2.30. The molecule has 1 aliphatic carbocycles. The number of nitrogens with two attached hydrogens (primary N) is 1. The van der Waals surface area contributed by atoms with Crippen molar-refractivity contribution in [1.82, 2.24) is 14.9 Å². The Kier molecular flexibility index (Phi) is 6.39. The highest BCUT2D eigenvalue weighted by molar-refractivity contribution is 7.99. The van der Waals surface area contributed by atoms with Crippen LogP contribution in [-0.2, 0) is 4.79 Å². The van der Waals surface area contributed by atoms with Gasteiger partial charge >= 0.3 is 0 Å². The van der Waals surface area contributed by atoms with Gasteiger partial charge in [0.15, 0.2) is 5.16 Å². The van der Waals surface area contributed by atoms with Crippen LogP contribution in [-0.4, -0.2) is 52.7 Å². The van der Waals surface area contributed by atoms with Crippen LogP contribution in [0, 0.1) is 5.92 Å². The van der Waals surface area contributed by atoms with Gasteiger partial charge in [0, 0.05) is 43.9 Å². The molecule has 0 atom stereocenters. The normalized spacial score (nSPS) is 18.8. The van der Waals surface area contributed by atoms with E-state index in [0.717, 1.165) is 68.6 Å². The van der Waals surface area contributed by atoms with Crippen LogP contribution in [0.1, 0.15) is 45.4 Å². The quantitative estimate of drug-likeness (QED) is 0.476. The molecule has 25 heavy (non-hydrogen) atoms. The molecule has 1 aliphatic heterocycles. The molecular weight excluding hydrogens is 334 g/mol. The van der Waals surface area contributed by atoms with Gasteiger partial charge < -0.3 is 15.5 Å². The van der Waals surface area contributed by atoms with E-state index < -0.39 is 0 Å². The average molecular weight is 364 g/mol. The summed E-state index contributed by atoms with van der Waals surface area (Å²) in [7, 11) is 0. The van der Waals surface area contributed by atoms with Gasteiger partial charge in [0.2, 0.25) is 5.91 Å². The number of nitrogens with zero attached hydrogens (tertiary/aromatic N) is 4. The maximum Gasteiger partial charge on any atom is 0.225 e. The fourth-order valence-electron chi connectivity index (χ4n) is 3.24. The molecule has 2 N–H and O–H groups in total. The minimum absolute atomic E-state index is 0.280. The van der Waals surface area contributed by atoms with E-state index in [1.807, 2.05) is 11.0 Å². The van der Waals surface area contributed by atoms with E-state index in [-0.39, 0.29) is 5.92 Å². The van der Waals surface area contributed by atoms with E-state index >= 15 is 0 Å². The number of amides is 1. The standard InChI is InChI=1S/C18H29N5OS/c1-2-3-12-25-18-20-15(19)13-16(21-18)22-8-5-9-23(11-10-22)17(24)14-6-4-7-14/h13-14H,2-12H2,1H3,(H2,19,20,21). The zero-order chi connectivity index (χ0) is 17.6. The molecule has 3 rings (SSSR count). The van der Waals surface area contributed by atoms with Crippen molar-refractivity contribution in [3.63, 3.8) is 0 Å². The van der Waals surface area contributed by atoms with Crippen LogP contribution < -0.4 is 10.6 Å². The van der Waals surface area contributed by atoms with E-state index in [4.69, 9.17) is 10.7 Å². The third kappa shape index (κ3) is 4.77. The van der Waals surface area contributed by atoms with E-state index in [1.54, 1.807) is 11.8 Å². The molecule has 0 spiro atoms. The third-order valence-electron chi connectivity index (χ3n) is 5.03. The fourth-order valence-corrected chi connectivity index (χ4v) is 4.19. The van der Waals surface area contributed by atoms with Crippen LogP contribution in [0.5, 0.6) is 0 Å². The zero-order valence-electron chi connectivity index (χ0n) is 15.1. The van der Waals surface area contributed by atoms with Gasteiger partial charge in [0.1, 0.15) is 11.6 Å². The predicted molar refractivity (Wildman–Crippen MR) is 103 cm³/mol. The SMILES string of the molecule is CCCCSc1nc(N)cc(N2CCCN(C(=O)C3CCC3)CC2)n1. The monoisotopic (exact) mass is 363 g/mol. The van der Waals surface area contributed by atoms with Crippen molar-refractivity contribution in [2.45, 2.75) is 50.6 Å². The molecule has 1 aromatic rings. The van der Waals surface area contributed by atoms with Crippen molar-refractivity contribution in [1.29, 1.82) is 0 Å². The van der Waals surface area contributed by atoms with Gasteiger partial charge in [-0.05, 0) is 25.7 Å². The minimum atomic E-state index is 0.280. The number of anilines is 2. The Bertz CT molecular complexity index is 593. The topological polar surface area (TPSA) is 75.3 Å². The molecule has 0 aromatic carbocycles. The number of unbranched alkanes of at least 4 members (excludes halogenated alkanes) is 1. The molecule has 0 radical (unpaired) electrons. The number of hydrogen-bond acceptors (Lipinski definition) is 6. The van der Waals surface area contributed by atoms with Gasteiger partial charge in [-0.25, -0.2) is 9.97 Å². The molecule has 1 amide bonds. The first-order valence-corrected chi connectivity index (χ1v) is 10.5. The Morgan fingerprint density at radius 2 is 2.08 bits per heavy atom. The molecule has 0 bridgehead atoms. The second-order valence-corrected chi connectivity index (χ2v) is 7.99. The molecule has 1 saturated carbocycles. The van der Waals surface area contributed by atoms with E-state index in [9.17, 15) is 4.79 Å². The zero-order valence-corrected chi connectivity index (χ0v) is 15.9. The van der Waals surface area contributed by atoms with E-state index in [0.29, 0.717) is 11.7 Å². The molecule has 2 fully saturated rings. The molecule has 0 unspecified atom stereocenters. The van der Waals surface area contributed by atoms with Crippen LogP contribution in [0.25, 0.3) is 0 Å². The second kappa shape index (κ2) is 8.74. The van der Waals surface area contributed by atoms with Crippen molar-refractivity contribution < 1.29 is 4.79 Å². The molecule has 6 nitrogen and oxygen atoms in total. The number of carbonyl (C=O) groups excluding carboxylic acids is 1. The van der Waals surface area contributed by atoms with Gasteiger partial charge in [-0.2, -0.15) is 0 Å². The van der Waals surface area contributed by atoms with E-state index in [1.165, 1.54) is 12.8 Å². The van der Waals surface area contributed by atoms with Crippen LogP contribution in [0.3, 0.4) is 0 Å². The van der Waals surface area contributed by atoms with Crippen molar-refractivity contribution in [2.24, 2.45) is 5.92 Å². The Labute approximate surface area is 154 Å². The van der Waals surface area contributed by atoms with Crippen LogP contribution in [0.2, 0.25) is 0 Å². The average Bonchev–Trinajstić information content (AvgIpc) is 2.79. The molecule has 2 heterocycles. The molecule has 7 heteroatoms. The van der Waals surface area contributed by atoms with Crippen LogP contribution in [0.15, 0.2) is 11.2 Å². The van der Waals surface area contributed by atoms with Gasteiger partial charge in [-0.3, -0.25) is 4.79 Å². The Morgan fingerprint density at radius 3 is 2.80 bits per heavy atom. The van der Waals surface area contributed by atoms with Gasteiger partial charge in [-0.1, -0.05) is 31.5 Å². The van der Waals surface area contributed by atoms with Crippen molar-refractivity contribution in [3.8, 4) is 0 Å². The maximum absolute atomic E-state index is 12.5. The highest BCUT2D eigenvalue weighted by Crippen LogP contribution is 2.29. The Hall–Kier alpha value is -1.50. The summed E-state index contributed by atoms with van der Waals surface area (Å²) in [5.74, 6) is 3.07. The third-order valence-corrected chi connectivity index (χ3v) is 5.96. The van der Waals surface area contributed by atoms with Crippen molar-refractivity contribution >= 4 is 29.3 Å². The number of rotatable bonds is 6. The summed E-state index contributed by atoms with van der Waals surface area (Å²) in [6.07, 6.45) is 6.63. The number of nitrogen functional groups attached to an aromatic ring is 1. The summed E-state index contributed by atoms with van der Waals surface area (Å²) in [5, 5.41) is 0.759. The summed E-state index contributed by atoms with van der Waals surface area (Å²) in [4.78, 5) is 25.8. The first kappa shape index (κ1) is 18.3. The summed E-state index contributed by atoms with van der Waals surface area (Å²) in [6.45, 7) is 5.53. The molecular formula is C18H29N5OS. The number of carbonyl (C=O) groups is 1. The number of hydrogen-bond donors (Lipinski definition) is 1. The highest BCUT2D eigenvalue weighted by atomic mass is 32.2. The summed E-state index contributed by atoms with van der Waals surface area (Å²) in [6, 6.07) is 1.85. The van der Waals surface area contributed by atoms with Crippen LogP contribution >= 0.6 is 11.8 Å². The maximum atomic E-state index is 12.5. The smallest absolute Gasteiger partial charge is 0.225 e. The molecule has 1 aromatic heterocycles. The summed E-state index contributed by atoms with van der Waals surface area (Å²) >= 11 is 1.67. The predicted octanol–water partition coefficient (Wildman–Crippen LogP) is 2.79. The number of aromatic nitrogens is 2. The largest absolute Gasteiger partial charge is 0.383 e. The lowest BCUT2D eigenvalue weighted by Crippen LogP contribution is -2.41. The Morgan fingerprint density at radius 1 is 1.24 bits per heavy atom. The Balaban J connectivity index is 1.62. The van der Waals surface area contributed by atoms with Crippen molar-refractivity contribution in [2.75, 3.05) is 42.6 Å². The first-order valence-electron chi connectivity index (χ1n) is 9.48. The first-order chi connectivity index (χ1) is 12.2. The summed E-state index contributed by atoms with van der Waals surface area (Å²) in [5.41, 5.74) is 5.99. The molecule has 1 saturated heterocycles. The van der Waals surface area contributed by atoms with Crippen LogP contribution in [0.4, 0.5) is 11.6 Å². The molecule has 2 aliphatic rings. The van der Waals surface area contributed by atoms with Gasteiger partial charge in [0.25, 0.3) is 0 Å². The lowest BCUT2D eigenvalue weighted by molar-refractivity contribution is -0.137. The van der Waals surface area contributed by atoms with E-state index in [2.05, 4.69) is 16.8 Å². The lowest BCUT2D eigenvalue weighted by atomic mass is 9.84. The summed E-state index contributed by atoms with van der Waals surface area (Å²) < 4.78 is 0. The fraction of sp³-hybridized carbons (Fsp3) is 0.722. The van der Waals surface area contributed by atoms with Gasteiger partial charge in [-0.15, -0.1) is 0 Å². The van der Waals surface area contributed by atoms with Crippen molar-refractivity contribution in [3.05, 3.63) is 6.07 Å². The second-order valence-electron chi connectivity index (χ2n) is 6.93. The van der Waals surface area contributed by atoms with Gasteiger partial charge in [0.05, 0.1) is 0 Å². The molecule has 138 valence electrons. The lowest BCUT2D eigenvalue weighted by Gasteiger charge is -2.31.